The van der Waals surface area contributed by atoms with Gasteiger partial charge in [-0.3, -0.25) is 9.59 Å². The number of hydrogen-bond acceptors (Lipinski definition) is 4. The van der Waals surface area contributed by atoms with E-state index in [4.69, 9.17) is 0 Å². The summed E-state index contributed by atoms with van der Waals surface area (Å²) < 4.78 is 35.7. The standard InChI is InChI=1S/C25H29F2N5O2S/c1-14(32-25(34)21-19(11-28-32)30-9-4-3-7-18(30)22(21)26)10-15-6-5-8-17-16-12-29(13-35-2)24(33)20(16)23(27)31(15)17/h11,14-15H,3-10,12-13H2,1-2H3. The molecule has 7 nitrogen and oxygen atoms in total. The first-order valence-electron chi connectivity index (χ1n) is 12.4. The van der Waals surface area contributed by atoms with Crippen LogP contribution in [0.1, 0.15) is 78.4 Å². The monoisotopic (exact) mass is 501 g/mol. The number of aromatic nitrogens is 4. The van der Waals surface area contributed by atoms with Crippen LogP contribution in [0.3, 0.4) is 0 Å². The van der Waals surface area contributed by atoms with E-state index in [9.17, 15) is 9.59 Å². The molecule has 2 unspecified atom stereocenters. The number of amides is 1. The molecule has 35 heavy (non-hydrogen) atoms. The maximum atomic E-state index is 15.6. The molecule has 0 bridgehead atoms. The number of aryl methyl sites for hydroxylation is 1. The second kappa shape index (κ2) is 8.50. The van der Waals surface area contributed by atoms with Gasteiger partial charge >= 0.3 is 0 Å². The Morgan fingerprint density at radius 2 is 1.97 bits per heavy atom. The van der Waals surface area contributed by atoms with Crippen LogP contribution >= 0.6 is 11.8 Å². The third kappa shape index (κ3) is 3.32. The lowest BCUT2D eigenvalue weighted by molar-refractivity contribution is 0.0800. The molecule has 3 aromatic heterocycles. The maximum absolute atomic E-state index is 15.6. The second-order valence-electron chi connectivity index (χ2n) is 10.0. The summed E-state index contributed by atoms with van der Waals surface area (Å²) in [5, 5.41) is 4.52. The molecule has 3 aromatic rings. The average molecular weight is 502 g/mol. The molecule has 10 heteroatoms. The van der Waals surface area contributed by atoms with Crippen molar-refractivity contribution < 1.29 is 13.6 Å². The van der Waals surface area contributed by atoms with Crippen molar-refractivity contribution in [3.63, 3.8) is 0 Å². The van der Waals surface area contributed by atoms with Crippen molar-refractivity contribution in [2.45, 2.75) is 77.0 Å². The van der Waals surface area contributed by atoms with Gasteiger partial charge in [-0.05, 0) is 58.1 Å². The molecule has 0 saturated heterocycles. The van der Waals surface area contributed by atoms with E-state index in [1.165, 1.54) is 4.68 Å². The summed E-state index contributed by atoms with van der Waals surface area (Å²) in [6, 6.07) is -0.530. The van der Waals surface area contributed by atoms with Gasteiger partial charge in [-0.1, -0.05) is 0 Å². The van der Waals surface area contributed by atoms with E-state index in [0.29, 0.717) is 43.0 Å². The zero-order valence-corrected chi connectivity index (χ0v) is 20.8. The van der Waals surface area contributed by atoms with Crippen LogP contribution in [0, 0.1) is 11.8 Å². The van der Waals surface area contributed by atoms with Gasteiger partial charge in [-0.15, -0.1) is 11.8 Å². The zero-order chi connectivity index (χ0) is 24.4. The fourth-order valence-corrected chi connectivity index (χ4v) is 6.90. The van der Waals surface area contributed by atoms with Crippen molar-refractivity contribution in [1.82, 2.24) is 23.8 Å². The van der Waals surface area contributed by atoms with Gasteiger partial charge in [0.25, 0.3) is 11.5 Å². The Morgan fingerprint density at radius 3 is 2.77 bits per heavy atom. The van der Waals surface area contributed by atoms with Gasteiger partial charge in [0.2, 0.25) is 5.95 Å². The topological polar surface area (TPSA) is 65.1 Å². The van der Waals surface area contributed by atoms with Crippen molar-refractivity contribution in [2.75, 3.05) is 12.1 Å². The summed E-state index contributed by atoms with van der Waals surface area (Å²) in [4.78, 5) is 27.8. The van der Waals surface area contributed by atoms with Gasteiger partial charge in [0.05, 0.1) is 34.9 Å². The minimum atomic E-state index is -0.456. The number of hydrogen-bond donors (Lipinski definition) is 0. The Kier molecular flexibility index (Phi) is 5.54. The minimum Gasteiger partial charge on any atom is -0.340 e. The molecule has 0 spiro atoms. The number of thioether (sulfide) groups is 1. The fraction of sp³-hybridized carbons (Fsp3) is 0.560. The lowest BCUT2D eigenvalue weighted by Gasteiger charge is -2.30. The van der Waals surface area contributed by atoms with Gasteiger partial charge in [0, 0.05) is 30.4 Å². The molecule has 0 N–H and O–H groups in total. The van der Waals surface area contributed by atoms with Crippen LogP contribution in [0.2, 0.25) is 0 Å². The fourth-order valence-electron chi connectivity index (χ4n) is 6.38. The van der Waals surface area contributed by atoms with Crippen molar-refractivity contribution in [3.05, 3.63) is 50.8 Å². The van der Waals surface area contributed by atoms with Gasteiger partial charge < -0.3 is 14.0 Å². The number of halogens is 2. The van der Waals surface area contributed by atoms with Crippen molar-refractivity contribution in [3.8, 4) is 0 Å². The highest BCUT2D eigenvalue weighted by atomic mass is 32.2. The Bertz CT molecular complexity index is 1410. The van der Waals surface area contributed by atoms with E-state index in [1.807, 2.05) is 17.7 Å². The van der Waals surface area contributed by atoms with E-state index >= 15 is 8.78 Å². The van der Waals surface area contributed by atoms with Crippen LogP contribution in [-0.2, 0) is 25.9 Å². The Hall–Kier alpha value is -2.62. The van der Waals surface area contributed by atoms with Crippen molar-refractivity contribution in [2.24, 2.45) is 0 Å². The van der Waals surface area contributed by atoms with E-state index in [-0.39, 0.29) is 28.9 Å². The average Bonchev–Trinajstić information content (AvgIpc) is 3.44. The summed E-state index contributed by atoms with van der Waals surface area (Å²) in [6.45, 7) is 3.03. The molecule has 6 rings (SSSR count). The minimum absolute atomic E-state index is 0.110. The SMILES string of the molecule is CSCN1Cc2c(c(F)n3c2CCCC3CC(C)n2ncc3c(c(F)c4n3CCCC4)c2=O)C1=O. The van der Waals surface area contributed by atoms with Gasteiger partial charge in [0.15, 0.2) is 5.82 Å². The molecule has 0 fully saturated rings. The molecule has 0 saturated carbocycles. The summed E-state index contributed by atoms with van der Waals surface area (Å²) >= 11 is 1.55. The normalized spacial score (nSPS) is 20.3. The van der Waals surface area contributed by atoms with E-state index in [1.54, 1.807) is 27.4 Å². The van der Waals surface area contributed by atoms with E-state index < -0.39 is 17.3 Å². The molecule has 0 aromatic carbocycles. The molecular weight excluding hydrogens is 472 g/mol. The molecule has 0 radical (unpaired) electrons. The summed E-state index contributed by atoms with van der Waals surface area (Å²) in [7, 11) is 0. The highest BCUT2D eigenvalue weighted by molar-refractivity contribution is 7.98. The van der Waals surface area contributed by atoms with Crippen molar-refractivity contribution >= 4 is 28.6 Å². The Morgan fingerprint density at radius 1 is 1.17 bits per heavy atom. The first kappa shape index (κ1) is 22.8. The molecule has 1 amide bonds. The van der Waals surface area contributed by atoms with E-state index in [2.05, 4.69) is 5.10 Å². The molecule has 0 aliphatic carbocycles. The third-order valence-electron chi connectivity index (χ3n) is 7.96. The van der Waals surface area contributed by atoms with Crippen molar-refractivity contribution in [1.29, 1.82) is 0 Å². The first-order valence-corrected chi connectivity index (χ1v) is 13.8. The zero-order valence-electron chi connectivity index (χ0n) is 20.0. The lowest BCUT2D eigenvalue weighted by atomic mass is 9.96. The number of carbonyl (C=O) groups is 1. The molecule has 2 atom stereocenters. The van der Waals surface area contributed by atoms with Crippen LogP contribution in [-0.4, -0.2) is 41.9 Å². The maximum Gasteiger partial charge on any atom is 0.279 e. The van der Waals surface area contributed by atoms with Crippen LogP contribution in [0.15, 0.2) is 11.0 Å². The molecule has 3 aliphatic heterocycles. The molecular formula is C25H29F2N5O2S. The summed E-state index contributed by atoms with van der Waals surface area (Å²) in [6.07, 6.45) is 8.91. The van der Waals surface area contributed by atoms with Crippen LogP contribution in [0.4, 0.5) is 8.78 Å². The summed E-state index contributed by atoms with van der Waals surface area (Å²) in [5.41, 5.74) is 2.66. The Labute approximate surface area is 206 Å². The van der Waals surface area contributed by atoms with Gasteiger partial charge in [0.1, 0.15) is 5.39 Å². The first-order chi connectivity index (χ1) is 16.9. The van der Waals surface area contributed by atoms with Gasteiger partial charge in [-0.25, -0.2) is 9.07 Å². The lowest BCUT2D eigenvalue weighted by Crippen LogP contribution is -2.30. The highest BCUT2D eigenvalue weighted by Crippen LogP contribution is 2.40. The highest BCUT2D eigenvalue weighted by Gasteiger charge is 2.40. The molecule has 3 aliphatic rings. The third-order valence-corrected chi connectivity index (χ3v) is 8.53. The Balaban J connectivity index is 1.33. The predicted molar refractivity (Wildman–Crippen MR) is 131 cm³/mol. The van der Waals surface area contributed by atoms with Gasteiger partial charge in [-0.2, -0.15) is 9.49 Å². The van der Waals surface area contributed by atoms with E-state index in [0.717, 1.165) is 43.4 Å². The van der Waals surface area contributed by atoms with Crippen LogP contribution in [0.5, 0.6) is 0 Å². The number of fused-ring (bicyclic) bond motifs is 6. The predicted octanol–water partition coefficient (Wildman–Crippen LogP) is 4.42. The van der Waals surface area contributed by atoms with Crippen LogP contribution in [0.25, 0.3) is 10.9 Å². The number of nitrogens with zero attached hydrogens (tertiary/aromatic N) is 5. The quantitative estimate of drug-likeness (QED) is 0.519. The largest absolute Gasteiger partial charge is 0.340 e. The number of carbonyl (C=O) groups excluding carboxylic acids is 1. The molecule has 186 valence electrons. The molecule has 6 heterocycles. The van der Waals surface area contributed by atoms with Crippen LogP contribution < -0.4 is 5.56 Å². The smallest absolute Gasteiger partial charge is 0.279 e. The second-order valence-corrected chi connectivity index (χ2v) is 10.9. The number of rotatable bonds is 5. The summed E-state index contributed by atoms with van der Waals surface area (Å²) in [5.74, 6) is -0.571.